The number of hydrogen-bond acceptors (Lipinski definition) is 8. The van der Waals surface area contributed by atoms with Gasteiger partial charge in [0.1, 0.15) is 11.5 Å². The number of benzene rings is 6. The van der Waals surface area contributed by atoms with E-state index in [1.165, 1.54) is 60.7 Å². The average molecular weight is 757 g/mol. The minimum absolute atomic E-state index is 0.0647. The van der Waals surface area contributed by atoms with E-state index < -0.39 is 34.1 Å². The van der Waals surface area contributed by atoms with Gasteiger partial charge in [0.05, 0.1) is 9.79 Å². The zero-order valence-electron chi connectivity index (χ0n) is 28.7. The third-order valence-corrected chi connectivity index (χ3v) is 9.27. The van der Waals surface area contributed by atoms with Gasteiger partial charge in [-0.1, -0.05) is 48.5 Å². The van der Waals surface area contributed by atoms with Crippen LogP contribution in [0.5, 0.6) is 11.5 Å². The Morgan fingerprint density at radius 1 is 0.364 bits per heavy atom. The number of sulfone groups is 1. The molecule has 0 atom stereocenters. The molecule has 14 nitrogen and oxygen atoms in total. The minimum atomic E-state index is -3.99. The van der Waals surface area contributed by atoms with Crippen molar-refractivity contribution in [1.29, 1.82) is 0 Å². The molecule has 0 aliphatic rings. The van der Waals surface area contributed by atoms with Crippen molar-refractivity contribution >= 4 is 68.2 Å². The summed E-state index contributed by atoms with van der Waals surface area (Å²) in [6.45, 7) is 0. The van der Waals surface area contributed by atoms with Gasteiger partial charge in [-0.3, -0.25) is 10.6 Å². The van der Waals surface area contributed by atoms with Gasteiger partial charge in [0.2, 0.25) is 9.84 Å². The van der Waals surface area contributed by atoms with E-state index in [2.05, 4.69) is 31.9 Å². The van der Waals surface area contributed by atoms with Crippen LogP contribution < -0.4 is 41.4 Å². The number of amides is 6. The van der Waals surface area contributed by atoms with Gasteiger partial charge in [0.15, 0.2) is 0 Å². The highest BCUT2D eigenvalue weighted by atomic mass is 32.2. The topological polar surface area (TPSA) is 193 Å². The molecule has 6 aromatic rings. The van der Waals surface area contributed by atoms with Crippen LogP contribution in [0.3, 0.4) is 0 Å². The third-order valence-electron chi connectivity index (χ3n) is 7.49. The summed E-state index contributed by atoms with van der Waals surface area (Å²) < 4.78 is 37.2. The number of rotatable bonds is 10. The van der Waals surface area contributed by atoms with Crippen molar-refractivity contribution in [3.8, 4) is 11.5 Å². The van der Waals surface area contributed by atoms with Gasteiger partial charge in [-0.2, -0.15) is 0 Å². The number of nitrogens with one attached hydrogen (secondary N) is 6. The molecule has 6 amide bonds. The van der Waals surface area contributed by atoms with Gasteiger partial charge in [0.25, 0.3) is 0 Å². The maximum Gasteiger partial charge on any atom is 0.417 e. The number of hydrogen-bond donors (Lipinski definition) is 6. The normalized spacial score (nSPS) is 10.6. The number of anilines is 6. The van der Waals surface area contributed by atoms with Gasteiger partial charge in [-0.25, -0.2) is 27.6 Å². The van der Waals surface area contributed by atoms with Crippen molar-refractivity contribution in [3.05, 3.63) is 158 Å². The maximum atomic E-state index is 13.3. The molecule has 0 unspecified atom stereocenters. The van der Waals surface area contributed by atoms with Gasteiger partial charge in [0, 0.05) is 34.1 Å². The first-order chi connectivity index (χ1) is 26.6. The molecule has 0 saturated heterocycles. The van der Waals surface area contributed by atoms with Crippen LogP contribution in [0.15, 0.2) is 168 Å². The molecule has 15 heteroatoms. The van der Waals surface area contributed by atoms with Crippen LogP contribution in [0, 0.1) is 0 Å². The highest BCUT2D eigenvalue weighted by molar-refractivity contribution is 7.91. The van der Waals surface area contributed by atoms with Crippen LogP contribution in [0.25, 0.3) is 0 Å². The predicted molar refractivity (Wildman–Crippen MR) is 209 cm³/mol. The van der Waals surface area contributed by atoms with Gasteiger partial charge < -0.3 is 30.7 Å². The molecule has 0 radical (unpaired) electrons. The lowest BCUT2D eigenvalue weighted by Crippen LogP contribution is -2.20. The van der Waals surface area contributed by atoms with Crippen LogP contribution in [0.1, 0.15) is 0 Å². The summed E-state index contributed by atoms with van der Waals surface area (Å²) in [5, 5.41) is 15.9. The van der Waals surface area contributed by atoms with Crippen LogP contribution >= 0.6 is 0 Å². The summed E-state index contributed by atoms with van der Waals surface area (Å²) in [4.78, 5) is 49.6. The Morgan fingerprint density at radius 2 is 0.673 bits per heavy atom. The van der Waals surface area contributed by atoms with Crippen molar-refractivity contribution < 1.29 is 37.1 Å². The summed E-state index contributed by atoms with van der Waals surface area (Å²) in [6, 6.07) is 40.2. The smallest absolute Gasteiger partial charge is 0.410 e. The summed E-state index contributed by atoms with van der Waals surface area (Å²) in [5.74, 6) is 0.166. The molecular formula is C40H32N6O8S. The highest BCUT2D eigenvalue weighted by Gasteiger charge is 2.19. The van der Waals surface area contributed by atoms with Crippen LogP contribution in [0.2, 0.25) is 0 Å². The van der Waals surface area contributed by atoms with Gasteiger partial charge in [-0.05, 0) is 109 Å². The van der Waals surface area contributed by atoms with Crippen molar-refractivity contribution in [3.63, 3.8) is 0 Å². The van der Waals surface area contributed by atoms with Crippen molar-refractivity contribution in [1.82, 2.24) is 0 Å². The summed E-state index contributed by atoms with van der Waals surface area (Å²) in [7, 11) is -3.99. The van der Waals surface area contributed by atoms with E-state index in [4.69, 9.17) is 9.47 Å². The minimum Gasteiger partial charge on any atom is -0.410 e. The Bertz CT molecular complexity index is 2250. The lowest BCUT2D eigenvalue weighted by Gasteiger charge is -2.11. The molecule has 0 fully saturated rings. The van der Waals surface area contributed by atoms with E-state index in [-0.39, 0.29) is 21.3 Å². The maximum absolute atomic E-state index is 13.3. The molecule has 6 rings (SSSR count). The van der Waals surface area contributed by atoms with Gasteiger partial charge in [-0.15, -0.1) is 0 Å². The Balaban J connectivity index is 0.983. The lowest BCUT2D eigenvalue weighted by atomic mass is 10.3. The Morgan fingerprint density at radius 3 is 1.04 bits per heavy atom. The highest BCUT2D eigenvalue weighted by Crippen LogP contribution is 2.26. The standard InChI is InChI=1S/C40H32N6O8S/c47-37(41-27-9-3-1-4-10-27)43-29-13-7-15-31(25-29)45-39(49)53-33-17-21-35(22-18-33)55(51,52)36-23-19-34(20-24-36)54-40(50)46-32-16-8-14-30(26-32)44-38(48)42-28-11-5-2-6-12-28/h1-26H,(H,45,49)(H,46,50)(H2,41,43,47)(H2,42,44,48). The van der Waals surface area contributed by atoms with Crippen LogP contribution in [-0.2, 0) is 9.84 Å². The van der Waals surface area contributed by atoms with Gasteiger partial charge >= 0.3 is 24.2 Å². The number of para-hydroxylation sites is 2. The Kier molecular flexibility index (Phi) is 11.6. The fraction of sp³-hybridized carbons (Fsp3) is 0. The average Bonchev–Trinajstić information content (AvgIpc) is 3.16. The van der Waals surface area contributed by atoms with Crippen LogP contribution in [0.4, 0.5) is 53.3 Å². The fourth-order valence-electron chi connectivity index (χ4n) is 4.99. The first-order valence-electron chi connectivity index (χ1n) is 16.5. The second-order valence-electron chi connectivity index (χ2n) is 11.5. The van der Waals surface area contributed by atoms with E-state index in [9.17, 15) is 27.6 Å². The molecule has 6 aromatic carbocycles. The number of carbonyl (C=O) groups excluding carboxylic acids is 4. The summed E-state index contributed by atoms with van der Waals surface area (Å²) in [5.41, 5.74) is 2.76. The molecule has 0 bridgehead atoms. The van der Waals surface area contributed by atoms with Crippen molar-refractivity contribution in [2.75, 3.05) is 31.9 Å². The second-order valence-corrected chi connectivity index (χ2v) is 13.5. The molecule has 0 spiro atoms. The summed E-state index contributed by atoms with van der Waals surface area (Å²) >= 11 is 0. The molecule has 0 aliphatic carbocycles. The molecule has 0 saturated carbocycles. The molecular weight excluding hydrogens is 725 g/mol. The van der Waals surface area contributed by atoms with E-state index in [1.54, 1.807) is 84.9 Å². The van der Waals surface area contributed by atoms with E-state index >= 15 is 0 Å². The quantitative estimate of drug-likeness (QED) is 0.0797. The summed E-state index contributed by atoms with van der Waals surface area (Å²) in [6.07, 6.45) is -1.67. The number of carbonyl (C=O) groups is 4. The zero-order valence-corrected chi connectivity index (χ0v) is 29.5. The predicted octanol–water partition coefficient (Wildman–Crippen LogP) is 9.03. The van der Waals surface area contributed by atoms with Crippen molar-refractivity contribution in [2.45, 2.75) is 9.79 Å². The first kappa shape index (κ1) is 37.1. The molecule has 276 valence electrons. The Hall–Kier alpha value is -7.65. The second kappa shape index (κ2) is 17.2. The molecule has 0 aliphatic heterocycles. The third kappa shape index (κ3) is 10.7. The SMILES string of the molecule is O=C(Nc1ccccc1)Nc1cccc(NC(=O)Oc2ccc(S(=O)(=O)c3ccc(OC(=O)Nc4cccc(NC(=O)Nc5ccccc5)c4)cc3)cc2)c1. The number of urea groups is 2. The van der Waals surface area contributed by atoms with Crippen LogP contribution in [-0.4, -0.2) is 32.7 Å². The number of ether oxygens (including phenoxy) is 2. The first-order valence-corrected chi connectivity index (χ1v) is 18.0. The molecule has 0 heterocycles. The lowest BCUT2D eigenvalue weighted by molar-refractivity contribution is 0.214. The van der Waals surface area contributed by atoms with E-state index in [1.807, 2.05) is 12.1 Å². The largest absolute Gasteiger partial charge is 0.417 e. The monoisotopic (exact) mass is 756 g/mol. The molecule has 0 aromatic heterocycles. The molecule has 6 N–H and O–H groups in total. The Labute approximate surface area is 315 Å². The van der Waals surface area contributed by atoms with E-state index in [0.717, 1.165) is 0 Å². The zero-order chi connectivity index (χ0) is 38.6. The van der Waals surface area contributed by atoms with Crippen molar-refractivity contribution in [2.24, 2.45) is 0 Å². The van der Waals surface area contributed by atoms with E-state index in [0.29, 0.717) is 34.1 Å². The fourth-order valence-corrected chi connectivity index (χ4v) is 6.25. The molecule has 55 heavy (non-hydrogen) atoms.